The van der Waals surface area contributed by atoms with E-state index in [-0.39, 0.29) is 12.0 Å². The van der Waals surface area contributed by atoms with Crippen molar-refractivity contribution in [3.05, 3.63) is 23.9 Å². The zero-order chi connectivity index (χ0) is 17.4. The lowest BCUT2D eigenvalue weighted by molar-refractivity contribution is 0.0925. The molecule has 1 aliphatic rings. The van der Waals surface area contributed by atoms with E-state index in [0.29, 0.717) is 17.4 Å². The maximum atomic E-state index is 12.2. The number of carbonyl (C=O) groups excluding carboxylic acids is 1. The number of carbonyl (C=O) groups is 1. The van der Waals surface area contributed by atoms with Gasteiger partial charge in [0.25, 0.3) is 5.91 Å². The van der Waals surface area contributed by atoms with Gasteiger partial charge in [-0.05, 0) is 51.8 Å². The Labute approximate surface area is 144 Å². The van der Waals surface area contributed by atoms with Crippen LogP contribution in [0.4, 0.5) is 0 Å². The summed E-state index contributed by atoms with van der Waals surface area (Å²) in [5.41, 5.74) is 0.573. The first-order valence-corrected chi connectivity index (χ1v) is 8.70. The van der Waals surface area contributed by atoms with E-state index in [1.165, 1.54) is 0 Å². The molecule has 6 nitrogen and oxygen atoms in total. The number of pyridine rings is 1. The standard InChI is InChI=1S/C18H29N3O3/c1-14(2)24-17-5-4-16(13-19-17)18(22)20-12-15-6-8-21(9-7-15)10-11-23-3/h4-5,13-15H,6-12H2,1-3H3,(H,20,22). The van der Waals surface area contributed by atoms with Crippen LogP contribution in [-0.4, -0.2) is 61.8 Å². The van der Waals surface area contributed by atoms with Crippen LogP contribution in [0, 0.1) is 5.92 Å². The van der Waals surface area contributed by atoms with Gasteiger partial charge in [-0.15, -0.1) is 0 Å². The molecule has 0 unspecified atom stereocenters. The van der Waals surface area contributed by atoms with E-state index in [4.69, 9.17) is 9.47 Å². The minimum Gasteiger partial charge on any atom is -0.475 e. The maximum absolute atomic E-state index is 12.2. The largest absolute Gasteiger partial charge is 0.475 e. The third-order valence-corrected chi connectivity index (χ3v) is 4.23. The summed E-state index contributed by atoms with van der Waals surface area (Å²) < 4.78 is 10.6. The number of likely N-dealkylation sites (tertiary alicyclic amines) is 1. The molecule has 1 aliphatic heterocycles. The molecule has 1 aromatic rings. The van der Waals surface area contributed by atoms with E-state index < -0.39 is 0 Å². The normalized spacial score (nSPS) is 16.3. The minimum absolute atomic E-state index is 0.0691. The average Bonchev–Trinajstić information content (AvgIpc) is 2.59. The van der Waals surface area contributed by atoms with Crippen molar-refractivity contribution in [3.8, 4) is 5.88 Å². The Balaban J connectivity index is 1.71. The van der Waals surface area contributed by atoms with Crippen molar-refractivity contribution < 1.29 is 14.3 Å². The highest BCUT2D eigenvalue weighted by Gasteiger charge is 2.19. The second kappa shape index (κ2) is 9.59. The fourth-order valence-corrected chi connectivity index (χ4v) is 2.80. The van der Waals surface area contributed by atoms with Gasteiger partial charge in [0.1, 0.15) is 0 Å². The molecule has 0 aromatic carbocycles. The predicted octanol–water partition coefficient (Wildman–Crippen LogP) is 1.96. The highest BCUT2D eigenvalue weighted by atomic mass is 16.5. The van der Waals surface area contributed by atoms with Crippen LogP contribution in [-0.2, 0) is 4.74 Å². The van der Waals surface area contributed by atoms with Gasteiger partial charge in [0.05, 0.1) is 18.3 Å². The van der Waals surface area contributed by atoms with Crippen LogP contribution in [0.15, 0.2) is 18.3 Å². The predicted molar refractivity (Wildman–Crippen MR) is 93.4 cm³/mol. The lowest BCUT2D eigenvalue weighted by atomic mass is 9.96. The van der Waals surface area contributed by atoms with Gasteiger partial charge in [-0.3, -0.25) is 4.79 Å². The molecule has 0 saturated carbocycles. The van der Waals surface area contributed by atoms with Crippen LogP contribution in [0.2, 0.25) is 0 Å². The summed E-state index contributed by atoms with van der Waals surface area (Å²) in [7, 11) is 1.73. The van der Waals surface area contributed by atoms with E-state index in [2.05, 4.69) is 15.2 Å². The van der Waals surface area contributed by atoms with Crippen LogP contribution in [0.25, 0.3) is 0 Å². The molecule has 1 amide bonds. The van der Waals surface area contributed by atoms with Gasteiger partial charge in [0.15, 0.2) is 0 Å². The summed E-state index contributed by atoms with van der Waals surface area (Å²) in [6.07, 6.45) is 3.87. The van der Waals surface area contributed by atoms with Gasteiger partial charge >= 0.3 is 0 Å². The van der Waals surface area contributed by atoms with E-state index in [1.54, 1.807) is 25.4 Å². The van der Waals surface area contributed by atoms with Crippen molar-refractivity contribution in [2.24, 2.45) is 5.92 Å². The Morgan fingerprint density at radius 2 is 2.12 bits per heavy atom. The number of nitrogens with one attached hydrogen (secondary N) is 1. The Hall–Kier alpha value is -1.66. The Bertz CT molecular complexity index is 497. The fourth-order valence-electron chi connectivity index (χ4n) is 2.80. The van der Waals surface area contributed by atoms with Crippen LogP contribution in [0.3, 0.4) is 0 Å². The van der Waals surface area contributed by atoms with Crippen LogP contribution in [0.5, 0.6) is 5.88 Å². The number of hydrogen-bond donors (Lipinski definition) is 1. The second-order valence-corrected chi connectivity index (χ2v) is 6.54. The van der Waals surface area contributed by atoms with Crippen LogP contribution >= 0.6 is 0 Å². The van der Waals surface area contributed by atoms with E-state index >= 15 is 0 Å². The molecule has 1 aromatic heterocycles. The van der Waals surface area contributed by atoms with Gasteiger partial charge in [0.2, 0.25) is 5.88 Å². The van der Waals surface area contributed by atoms with Crippen molar-refractivity contribution in [1.29, 1.82) is 0 Å². The second-order valence-electron chi connectivity index (χ2n) is 6.54. The van der Waals surface area contributed by atoms with Crippen molar-refractivity contribution in [1.82, 2.24) is 15.2 Å². The lowest BCUT2D eigenvalue weighted by Crippen LogP contribution is -2.39. The topological polar surface area (TPSA) is 63.7 Å². The number of ether oxygens (including phenoxy) is 2. The number of rotatable bonds is 8. The van der Waals surface area contributed by atoms with Crippen molar-refractivity contribution >= 4 is 5.91 Å². The summed E-state index contributed by atoms with van der Waals surface area (Å²) in [4.78, 5) is 18.8. The number of piperidine rings is 1. The molecule has 2 heterocycles. The van der Waals surface area contributed by atoms with Gasteiger partial charge < -0.3 is 19.7 Å². The number of amides is 1. The molecule has 1 fully saturated rings. The number of aromatic nitrogens is 1. The molecule has 2 rings (SSSR count). The number of hydrogen-bond acceptors (Lipinski definition) is 5. The quantitative estimate of drug-likeness (QED) is 0.787. The maximum Gasteiger partial charge on any atom is 0.252 e. The van der Waals surface area contributed by atoms with Crippen molar-refractivity contribution in [3.63, 3.8) is 0 Å². The zero-order valence-corrected chi connectivity index (χ0v) is 15.0. The third kappa shape index (κ3) is 6.09. The molecule has 1 N–H and O–H groups in total. The molecule has 0 bridgehead atoms. The zero-order valence-electron chi connectivity index (χ0n) is 15.0. The highest BCUT2D eigenvalue weighted by molar-refractivity contribution is 5.93. The minimum atomic E-state index is -0.0691. The van der Waals surface area contributed by atoms with Gasteiger partial charge in [-0.1, -0.05) is 0 Å². The number of nitrogens with zero attached hydrogens (tertiary/aromatic N) is 2. The molecule has 0 spiro atoms. The Morgan fingerprint density at radius 3 is 2.71 bits per heavy atom. The first-order valence-electron chi connectivity index (χ1n) is 8.70. The molecule has 6 heteroatoms. The molecule has 134 valence electrons. The average molecular weight is 335 g/mol. The van der Waals surface area contributed by atoms with Gasteiger partial charge in [-0.2, -0.15) is 0 Å². The third-order valence-electron chi connectivity index (χ3n) is 4.23. The molecule has 0 atom stereocenters. The van der Waals surface area contributed by atoms with E-state index in [1.807, 2.05) is 13.8 Å². The fraction of sp³-hybridized carbons (Fsp3) is 0.667. The van der Waals surface area contributed by atoms with Crippen LogP contribution < -0.4 is 10.1 Å². The SMILES string of the molecule is COCCN1CCC(CNC(=O)c2ccc(OC(C)C)nc2)CC1. The highest BCUT2D eigenvalue weighted by Crippen LogP contribution is 2.16. The number of methoxy groups -OCH3 is 1. The summed E-state index contributed by atoms with van der Waals surface area (Å²) >= 11 is 0. The Morgan fingerprint density at radius 1 is 1.38 bits per heavy atom. The summed E-state index contributed by atoms with van der Waals surface area (Å²) in [6.45, 7) is 8.54. The van der Waals surface area contributed by atoms with Crippen molar-refractivity contribution in [2.45, 2.75) is 32.8 Å². The van der Waals surface area contributed by atoms with E-state index in [9.17, 15) is 4.79 Å². The molecule has 1 saturated heterocycles. The first-order chi connectivity index (χ1) is 11.6. The molecular weight excluding hydrogens is 306 g/mol. The summed E-state index contributed by atoms with van der Waals surface area (Å²) in [5, 5.41) is 3.02. The smallest absolute Gasteiger partial charge is 0.252 e. The Kier molecular flexibility index (Phi) is 7.46. The molecule has 24 heavy (non-hydrogen) atoms. The summed E-state index contributed by atoms with van der Waals surface area (Å²) in [6, 6.07) is 3.50. The molecule has 0 aliphatic carbocycles. The van der Waals surface area contributed by atoms with Crippen molar-refractivity contribution in [2.75, 3.05) is 39.9 Å². The molecular formula is C18H29N3O3. The first kappa shape index (κ1) is 18.7. The van der Waals surface area contributed by atoms with Gasteiger partial charge in [-0.25, -0.2) is 4.98 Å². The van der Waals surface area contributed by atoms with E-state index in [0.717, 1.165) is 45.6 Å². The van der Waals surface area contributed by atoms with Gasteiger partial charge in [0, 0.05) is 32.5 Å². The monoisotopic (exact) mass is 335 g/mol. The van der Waals surface area contributed by atoms with Crippen LogP contribution in [0.1, 0.15) is 37.0 Å². The lowest BCUT2D eigenvalue weighted by Gasteiger charge is -2.31. The summed E-state index contributed by atoms with van der Waals surface area (Å²) in [5.74, 6) is 1.02. The molecule has 0 radical (unpaired) electrons.